The Bertz CT molecular complexity index is 840. The zero-order valence-corrected chi connectivity index (χ0v) is 15.3. The Hall–Kier alpha value is -2.57. The Balaban J connectivity index is 1.68. The van der Waals surface area contributed by atoms with Crippen molar-refractivity contribution in [2.45, 2.75) is 31.7 Å². The van der Waals surface area contributed by atoms with Crippen molar-refractivity contribution in [1.82, 2.24) is 24.5 Å². The lowest BCUT2D eigenvalue weighted by Gasteiger charge is -2.27. The van der Waals surface area contributed by atoms with Gasteiger partial charge in [-0.05, 0) is 43.7 Å². The van der Waals surface area contributed by atoms with E-state index in [0.717, 1.165) is 24.2 Å². The number of rotatable bonds is 4. The van der Waals surface area contributed by atoms with E-state index >= 15 is 0 Å². The number of pyridine rings is 1. The first-order chi connectivity index (χ1) is 12.6. The molecule has 3 amide bonds. The molecular weight excluding hydrogens is 330 g/mol. The fraction of sp³-hybridized carbons (Fsp3) is 0.526. The van der Waals surface area contributed by atoms with Crippen LogP contribution in [0.25, 0.3) is 5.52 Å². The number of carbonyl (C=O) groups is 2. The molecule has 2 aromatic heterocycles. The number of aromatic nitrogens is 2. The van der Waals surface area contributed by atoms with Gasteiger partial charge in [-0.1, -0.05) is 6.07 Å². The van der Waals surface area contributed by atoms with Gasteiger partial charge in [0.1, 0.15) is 5.82 Å². The van der Waals surface area contributed by atoms with Crippen LogP contribution in [0.1, 0.15) is 48.0 Å². The highest BCUT2D eigenvalue weighted by atomic mass is 16.2. The molecule has 7 heteroatoms. The molecule has 138 valence electrons. The minimum atomic E-state index is -0.129. The van der Waals surface area contributed by atoms with Gasteiger partial charge in [0.15, 0.2) is 5.69 Å². The van der Waals surface area contributed by atoms with Gasteiger partial charge >= 0.3 is 6.03 Å². The summed E-state index contributed by atoms with van der Waals surface area (Å²) in [7, 11) is 3.52. The van der Waals surface area contributed by atoms with E-state index in [4.69, 9.17) is 4.98 Å². The Morgan fingerprint density at radius 2 is 2.08 bits per heavy atom. The smallest absolute Gasteiger partial charge is 0.320 e. The van der Waals surface area contributed by atoms with Crippen molar-refractivity contribution in [3.63, 3.8) is 0 Å². The normalized spacial score (nSPS) is 19.8. The summed E-state index contributed by atoms with van der Waals surface area (Å²) in [6.07, 6.45) is 6.11. The van der Waals surface area contributed by atoms with Crippen LogP contribution in [-0.4, -0.2) is 58.3 Å². The van der Waals surface area contributed by atoms with Gasteiger partial charge in [0.25, 0.3) is 5.91 Å². The number of fused-ring (bicyclic) bond motifs is 1. The molecule has 0 unspecified atom stereocenters. The van der Waals surface area contributed by atoms with Gasteiger partial charge in [0.2, 0.25) is 0 Å². The molecule has 1 atom stereocenters. The Kier molecular flexibility index (Phi) is 4.30. The SMILES string of the molecule is CN(C)C(=O)N1CCC[C@@H]1c1nc(C(=O)NCC2CC2)c2ccccn12. The van der Waals surface area contributed by atoms with E-state index in [1.165, 1.54) is 12.8 Å². The van der Waals surface area contributed by atoms with Crippen LogP contribution in [0.15, 0.2) is 24.4 Å². The zero-order chi connectivity index (χ0) is 18.3. The molecule has 0 spiro atoms. The maximum absolute atomic E-state index is 12.7. The molecule has 2 fully saturated rings. The van der Waals surface area contributed by atoms with Gasteiger partial charge in [-0.3, -0.25) is 4.79 Å². The number of carbonyl (C=O) groups excluding carboxylic acids is 2. The van der Waals surface area contributed by atoms with Crippen molar-refractivity contribution in [2.75, 3.05) is 27.2 Å². The number of amides is 3. The fourth-order valence-corrected chi connectivity index (χ4v) is 3.63. The second-order valence-electron chi connectivity index (χ2n) is 7.46. The zero-order valence-electron chi connectivity index (χ0n) is 15.3. The number of urea groups is 1. The van der Waals surface area contributed by atoms with Gasteiger partial charge in [-0.25, -0.2) is 9.78 Å². The number of hydrogen-bond acceptors (Lipinski definition) is 3. The number of hydrogen-bond donors (Lipinski definition) is 1. The molecule has 1 saturated heterocycles. The lowest BCUT2D eigenvalue weighted by molar-refractivity contribution is 0.0948. The fourth-order valence-electron chi connectivity index (χ4n) is 3.63. The molecule has 1 N–H and O–H groups in total. The number of nitrogens with one attached hydrogen (secondary N) is 1. The topological polar surface area (TPSA) is 70.0 Å². The van der Waals surface area contributed by atoms with E-state index in [1.807, 2.05) is 33.7 Å². The molecule has 2 aliphatic rings. The Labute approximate surface area is 153 Å². The standard InChI is InChI=1S/C19H25N5O2/c1-22(2)19(26)24-11-5-7-15(24)17-21-16(14-6-3-4-10-23(14)17)18(25)20-12-13-8-9-13/h3-4,6,10,13,15H,5,7-9,11-12H2,1-2H3,(H,20,25)/t15-/m1/s1. The van der Waals surface area contributed by atoms with Crippen LogP contribution in [0.5, 0.6) is 0 Å². The average molecular weight is 355 g/mol. The number of imidazole rings is 1. The van der Waals surface area contributed by atoms with Crippen molar-refractivity contribution in [1.29, 1.82) is 0 Å². The summed E-state index contributed by atoms with van der Waals surface area (Å²) < 4.78 is 1.96. The van der Waals surface area contributed by atoms with Crippen LogP contribution < -0.4 is 5.32 Å². The highest BCUT2D eigenvalue weighted by molar-refractivity contribution is 5.99. The summed E-state index contributed by atoms with van der Waals surface area (Å²) in [6, 6.07) is 5.63. The molecule has 0 bridgehead atoms. The molecule has 26 heavy (non-hydrogen) atoms. The quantitative estimate of drug-likeness (QED) is 0.915. The van der Waals surface area contributed by atoms with E-state index in [-0.39, 0.29) is 18.0 Å². The van der Waals surface area contributed by atoms with Crippen molar-refractivity contribution < 1.29 is 9.59 Å². The molecule has 2 aromatic rings. The van der Waals surface area contributed by atoms with Crippen LogP contribution in [0.2, 0.25) is 0 Å². The number of nitrogens with zero attached hydrogens (tertiary/aromatic N) is 4. The molecule has 0 radical (unpaired) electrons. The summed E-state index contributed by atoms with van der Waals surface area (Å²) in [6.45, 7) is 1.43. The predicted octanol–water partition coefficient (Wildman–Crippen LogP) is 2.29. The van der Waals surface area contributed by atoms with Crippen LogP contribution >= 0.6 is 0 Å². The number of likely N-dealkylation sites (tertiary alicyclic amines) is 1. The van der Waals surface area contributed by atoms with E-state index < -0.39 is 0 Å². The third-order valence-corrected chi connectivity index (χ3v) is 5.22. The summed E-state index contributed by atoms with van der Waals surface area (Å²) in [5.74, 6) is 1.26. The largest absolute Gasteiger partial charge is 0.350 e. The third kappa shape index (κ3) is 3.02. The van der Waals surface area contributed by atoms with Gasteiger partial charge in [-0.2, -0.15) is 0 Å². The maximum Gasteiger partial charge on any atom is 0.320 e. The predicted molar refractivity (Wildman–Crippen MR) is 98.0 cm³/mol. The molecule has 1 aliphatic heterocycles. The highest BCUT2D eigenvalue weighted by Gasteiger charge is 2.35. The summed E-state index contributed by atoms with van der Waals surface area (Å²) >= 11 is 0. The van der Waals surface area contributed by atoms with Crippen molar-refractivity contribution in [3.05, 3.63) is 35.9 Å². The minimum Gasteiger partial charge on any atom is -0.350 e. The van der Waals surface area contributed by atoms with Gasteiger partial charge in [0.05, 0.1) is 11.6 Å². The molecule has 1 aliphatic carbocycles. The van der Waals surface area contributed by atoms with E-state index in [9.17, 15) is 9.59 Å². The maximum atomic E-state index is 12.7. The Morgan fingerprint density at radius 1 is 1.27 bits per heavy atom. The van der Waals surface area contributed by atoms with Crippen LogP contribution in [0, 0.1) is 5.92 Å². The Morgan fingerprint density at radius 3 is 2.81 bits per heavy atom. The lowest BCUT2D eigenvalue weighted by Crippen LogP contribution is -2.39. The molecule has 4 rings (SSSR count). The summed E-state index contributed by atoms with van der Waals surface area (Å²) in [5.41, 5.74) is 1.24. The second kappa shape index (κ2) is 6.63. The molecular formula is C19H25N5O2. The third-order valence-electron chi connectivity index (χ3n) is 5.22. The lowest BCUT2D eigenvalue weighted by atomic mass is 10.2. The summed E-state index contributed by atoms with van der Waals surface area (Å²) in [5, 5.41) is 3.01. The first-order valence-electron chi connectivity index (χ1n) is 9.29. The van der Waals surface area contributed by atoms with E-state index in [0.29, 0.717) is 24.7 Å². The van der Waals surface area contributed by atoms with Crippen molar-refractivity contribution in [3.8, 4) is 0 Å². The first kappa shape index (κ1) is 16.9. The molecule has 1 saturated carbocycles. The average Bonchev–Trinajstić information content (AvgIpc) is 3.21. The van der Waals surface area contributed by atoms with Crippen LogP contribution in [0.3, 0.4) is 0 Å². The first-order valence-corrected chi connectivity index (χ1v) is 9.29. The molecule has 7 nitrogen and oxygen atoms in total. The van der Waals surface area contributed by atoms with Gasteiger partial charge < -0.3 is 19.5 Å². The van der Waals surface area contributed by atoms with Gasteiger partial charge in [0, 0.05) is 33.4 Å². The van der Waals surface area contributed by atoms with Crippen LogP contribution in [0.4, 0.5) is 4.79 Å². The summed E-state index contributed by atoms with van der Waals surface area (Å²) in [4.78, 5) is 33.3. The molecule has 3 heterocycles. The second-order valence-corrected chi connectivity index (χ2v) is 7.46. The molecule has 0 aromatic carbocycles. The minimum absolute atomic E-state index is 0.0140. The van der Waals surface area contributed by atoms with E-state index in [1.54, 1.807) is 19.0 Å². The monoisotopic (exact) mass is 355 g/mol. The van der Waals surface area contributed by atoms with Crippen molar-refractivity contribution in [2.24, 2.45) is 5.92 Å². The van der Waals surface area contributed by atoms with Gasteiger partial charge in [-0.15, -0.1) is 0 Å². The van der Waals surface area contributed by atoms with Crippen molar-refractivity contribution >= 4 is 17.5 Å². The van der Waals surface area contributed by atoms with Crippen LogP contribution in [-0.2, 0) is 0 Å². The van der Waals surface area contributed by atoms with E-state index in [2.05, 4.69) is 5.32 Å². The highest BCUT2D eigenvalue weighted by Crippen LogP contribution is 2.33.